The van der Waals surface area contributed by atoms with Crippen molar-refractivity contribution in [3.8, 4) is 5.75 Å². The molecule has 0 aliphatic carbocycles. The first-order valence-electron chi connectivity index (χ1n) is 5.21. The van der Waals surface area contributed by atoms with E-state index in [4.69, 9.17) is 27.9 Å². The lowest BCUT2D eigenvalue weighted by Gasteiger charge is -2.10. The summed E-state index contributed by atoms with van der Waals surface area (Å²) in [4.78, 5) is 11.3. The van der Waals surface area contributed by atoms with Crippen LogP contribution in [0.4, 0.5) is 0 Å². The van der Waals surface area contributed by atoms with E-state index in [9.17, 15) is 4.79 Å². The Morgan fingerprint density at radius 1 is 1.18 bits per heavy atom. The van der Waals surface area contributed by atoms with Crippen molar-refractivity contribution in [1.29, 1.82) is 0 Å². The highest BCUT2D eigenvalue weighted by molar-refractivity contribution is 6.40. The maximum atomic E-state index is 11.3. The number of halogens is 2. The van der Waals surface area contributed by atoms with Crippen molar-refractivity contribution in [1.82, 2.24) is 0 Å². The highest BCUT2D eigenvalue weighted by Gasteiger charge is 2.13. The smallest absolute Gasteiger partial charge is 0.310 e. The van der Waals surface area contributed by atoms with Gasteiger partial charge >= 0.3 is 5.97 Å². The second kappa shape index (κ2) is 4.94. The Hall–Kier alpha value is -1.25. The van der Waals surface area contributed by atoms with Gasteiger partial charge in [0.1, 0.15) is 0 Å². The minimum absolute atomic E-state index is 0.299. The molecular weight excluding hydrogens is 259 g/mol. The molecule has 0 fully saturated rings. The molecule has 0 aliphatic rings. The second-order valence-corrected chi connectivity index (χ2v) is 4.36. The van der Waals surface area contributed by atoms with E-state index in [0.29, 0.717) is 22.2 Å². The third-order valence-electron chi connectivity index (χ3n) is 2.40. The summed E-state index contributed by atoms with van der Waals surface area (Å²) in [6, 6.07) is 8.98. The molecule has 0 aromatic heterocycles. The number of rotatable bonds is 2. The first-order valence-corrected chi connectivity index (χ1v) is 5.96. The monoisotopic (exact) mass is 268 g/mol. The van der Waals surface area contributed by atoms with Crippen LogP contribution in [0.2, 0.25) is 10.0 Å². The van der Waals surface area contributed by atoms with Crippen molar-refractivity contribution < 1.29 is 9.53 Å². The molecule has 0 bridgehead atoms. The van der Waals surface area contributed by atoms with Crippen molar-refractivity contribution in [3.63, 3.8) is 0 Å². The van der Waals surface area contributed by atoms with Crippen LogP contribution in [0.3, 0.4) is 0 Å². The van der Waals surface area contributed by atoms with Crippen LogP contribution in [-0.4, -0.2) is 5.97 Å². The molecule has 2 aromatic carbocycles. The van der Waals surface area contributed by atoms with Crippen LogP contribution >= 0.6 is 23.2 Å². The average molecular weight is 269 g/mol. The first kappa shape index (κ1) is 12.2. The number of ether oxygens (including phenoxy) is 1. The molecule has 0 aliphatic heterocycles. The topological polar surface area (TPSA) is 26.3 Å². The number of esters is 1. The lowest BCUT2D eigenvalue weighted by molar-refractivity contribution is -0.133. The first-order chi connectivity index (χ1) is 8.13. The molecule has 0 unspecified atom stereocenters. The van der Waals surface area contributed by atoms with E-state index in [2.05, 4.69) is 0 Å². The molecule has 2 nitrogen and oxygen atoms in total. The molecule has 0 saturated heterocycles. The van der Waals surface area contributed by atoms with Crippen LogP contribution in [0, 0.1) is 0 Å². The Labute approximate surface area is 109 Å². The summed E-state index contributed by atoms with van der Waals surface area (Å²) in [7, 11) is 0. The van der Waals surface area contributed by atoms with Crippen molar-refractivity contribution >= 4 is 39.9 Å². The molecule has 0 radical (unpaired) electrons. The summed E-state index contributed by atoms with van der Waals surface area (Å²) in [5, 5.41) is 2.45. The molecule has 17 heavy (non-hydrogen) atoms. The summed E-state index contributed by atoms with van der Waals surface area (Å²) in [6.07, 6.45) is 0.299. The SMILES string of the molecule is CCC(=O)Oc1c(Cl)cc(Cl)c2ccccc12. The van der Waals surface area contributed by atoms with E-state index in [1.54, 1.807) is 13.0 Å². The largest absolute Gasteiger partial charge is 0.424 e. The summed E-state index contributed by atoms with van der Waals surface area (Å²) < 4.78 is 5.23. The molecule has 88 valence electrons. The zero-order chi connectivity index (χ0) is 12.4. The van der Waals surface area contributed by atoms with Gasteiger partial charge in [0.2, 0.25) is 0 Å². The van der Waals surface area contributed by atoms with Crippen LogP contribution in [-0.2, 0) is 4.79 Å². The van der Waals surface area contributed by atoms with Gasteiger partial charge in [-0.1, -0.05) is 54.4 Å². The Morgan fingerprint density at radius 2 is 1.82 bits per heavy atom. The number of benzene rings is 2. The van der Waals surface area contributed by atoms with Gasteiger partial charge in [0.05, 0.1) is 10.0 Å². The van der Waals surface area contributed by atoms with Gasteiger partial charge in [0.15, 0.2) is 5.75 Å². The van der Waals surface area contributed by atoms with Crippen molar-refractivity contribution in [2.24, 2.45) is 0 Å². The highest BCUT2D eigenvalue weighted by atomic mass is 35.5. The lowest BCUT2D eigenvalue weighted by Crippen LogP contribution is -2.06. The lowest BCUT2D eigenvalue weighted by atomic mass is 10.1. The average Bonchev–Trinajstić information content (AvgIpc) is 2.34. The molecule has 4 heteroatoms. The minimum Gasteiger partial charge on any atom is -0.424 e. The third kappa shape index (κ3) is 2.38. The van der Waals surface area contributed by atoms with Gasteiger partial charge in [-0.2, -0.15) is 0 Å². The number of hydrogen-bond donors (Lipinski definition) is 0. The maximum Gasteiger partial charge on any atom is 0.310 e. The van der Waals surface area contributed by atoms with Gasteiger partial charge in [0.25, 0.3) is 0 Å². The van der Waals surface area contributed by atoms with E-state index in [1.165, 1.54) is 0 Å². The third-order valence-corrected chi connectivity index (χ3v) is 3.00. The Kier molecular flexibility index (Phi) is 3.55. The molecule has 0 amide bonds. The van der Waals surface area contributed by atoms with E-state index in [-0.39, 0.29) is 5.97 Å². The van der Waals surface area contributed by atoms with E-state index in [1.807, 2.05) is 24.3 Å². The number of fused-ring (bicyclic) bond motifs is 1. The van der Waals surface area contributed by atoms with E-state index < -0.39 is 0 Å². The zero-order valence-electron chi connectivity index (χ0n) is 9.17. The summed E-state index contributed by atoms with van der Waals surface area (Å²) >= 11 is 12.1. The number of carbonyl (C=O) groups is 1. The van der Waals surface area contributed by atoms with Crippen LogP contribution in [0.25, 0.3) is 10.8 Å². The van der Waals surface area contributed by atoms with Gasteiger partial charge in [0, 0.05) is 17.2 Å². The van der Waals surface area contributed by atoms with Crippen LogP contribution in [0.5, 0.6) is 5.75 Å². The molecular formula is C13H10Cl2O2. The predicted molar refractivity (Wildman–Crippen MR) is 69.9 cm³/mol. The molecule has 2 rings (SSSR count). The molecule has 0 heterocycles. The fourth-order valence-electron chi connectivity index (χ4n) is 1.56. The fourth-order valence-corrected chi connectivity index (χ4v) is 2.14. The number of hydrogen-bond acceptors (Lipinski definition) is 2. The molecule has 0 saturated carbocycles. The minimum atomic E-state index is -0.320. The summed E-state index contributed by atoms with van der Waals surface area (Å²) in [5.41, 5.74) is 0. The maximum absolute atomic E-state index is 11.3. The van der Waals surface area contributed by atoms with Gasteiger partial charge in [-0.3, -0.25) is 4.79 Å². The predicted octanol–water partition coefficient (Wildman–Crippen LogP) is 4.46. The van der Waals surface area contributed by atoms with Crippen LogP contribution in [0.15, 0.2) is 30.3 Å². The summed E-state index contributed by atoms with van der Waals surface area (Å²) in [5.74, 6) is 0.0536. The van der Waals surface area contributed by atoms with Crippen LogP contribution in [0.1, 0.15) is 13.3 Å². The number of carbonyl (C=O) groups excluding carboxylic acids is 1. The Bertz CT molecular complexity index is 579. The van der Waals surface area contributed by atoms with Gasteiger partial charge in [-0.05, 0) is 6.07 Å². The van der Waals surface area contributed by atoms with Gasteiger partial charge < -0.3 is 4.74 Å². The normalized spacial score (nSPS) is 10.5. The van der Waals surface area contributed by atoms with Crippen molar-refractivity contribution in [2.45, 2.75) is 13.3 Å². The highest BCUT2D eigenvalue weighted by Crippen LogP contribution is 2.38. The zero-order valence-corrected chi connectivity index (χ0v) is 10.7. The standard InChI is InChI=1S/C13H10Cl2O2/c1-2-12(16)17-13-9-6-4-3-5-8(9)10(14)7-11(13)15/h3-7H,2H2,1H3. The molecule has 0 spiro atoms. The quantitative estimate of drug-likeness (QED) is 0.594. The Balaban J connectivity index is 2.65. The van der Waals surface area contributed by atoms with Crippen molar-refractivity contribution in [3.05, 3.63) is 40.4 Å². The van der Waals surface area contributed by atoms with Gasteiger partial charge in [-0.25, -0.2) is 0 Å². The molecule has 2 aromatic rings. The van der Waals surface area contributed by atoms with Crippen LogP contribution < -0.4 is 4.74 Å². The van der Waals surface area contributed by atoms with E-state index >= 15 is 0 Å². The van der Waals surface area contributed by atoms with E-state index in [0.717, 1.165) is 10.8 Å². The fraction of sp³-hybridized carbons (Fsp3) is 0.154. The molecule has 0 atom stereocenters. The second-order valence-electron chi connectivity index (χ2n) is 3.54. The van der Waals surface area contributed by atoms with Crippen molar-refractivity contribution in [2.75, 3.05) is 0 Å². The molecule has 0 N–H and O–H groups in total. The van der Waals surface area contributed by atoms with Gasteiger partial charge in [-0.15, -0.1) is 0 Å². The Morgan fingerprint density at radius 3 is 2.47 bits per heavy atom. The summed E-state index contributed by atoms with van der Waals surface area (Å²) in [6.45, 7) is 1.73.